The maximum Gasteiger partial charge on any atom is 0.230 e. The molecule has 1 amide bonds. The molecular formula is C19H25ClN4OS. The average molecular weight is 393 g/mol. The second-order valence-corrected chi connectivity index (χ2v) is 8.43. The van der Waals surface area contributed by atoms with Gasteiger partial charge >= 0.3 is 0 Å². The second kappa shape index (κ2) is 8.91. The van der Waals surface area contributed by atoms with Crippen LogP contribution in [-0.4, -0.2) is 33.0 Å². The molecule has 26 heavy (non-hydrogen) atoms. The van der Waals surface area contributed by atoms with E-state index in [0.29, 0.717) is 29.3 Å². The standard InChI is InChI=1S/C19H25ClN4OS/c1-13(2)11-21-17(25)12-26-19-23-22-18(15-9-5-6-10-16(15)20)24(19)14-7-3-4-8-14/h5-6,9-10,13-14H,3-4,7-8,11-12H2,1-2H3,(H,21,25). The van der Waals surface area contributed by atoms with E-state index in [1.807, 2.05) is 24.3 Å². The second-order valence-electron chi connectivity index (χ2n) is 7.08. The monoisotopic (exact) mass is 392 g/mol. The van der Waals surface area contributed by atoms with Crippen LogP contribution in [0.2, 0.25) is 5.02 Å². The molecular weight excluding hydrogens is 368 g/mol. The number of hydrogen-bond donors (Lipinski definition) is 1. The Morgan fingerprint density at radius 1 is 1.31 bits per heavy atom. The fraction of sp³-hybridized carbons (Fsp3) is 0.526. The minimum Gasteiger partial charge on any atom is -0.355 e. The normalized spacial score (nSPS) is 14.9. The van der Waals surface area contributed by atoms with E-state index in [-0.39, 0.29) is 5.91 Å². The number of halogens is 1. The third-order valence-electron chi connectivity index (χ3n) is 4.51. The average Bonchev–Trinajstić information content (AvgIpc) is 3.27. The van der Waals surface area contributed by atoms with Gasteiger partial charge in [-0.1, -0.05) is 62.2 Å². The third-order valence-corrected chi connectivity index (χ3v) is 5.78. The molecule has 1 N–H and O–H groups in total. The van der Waals surface area contributed by atoms with Gasteiger partial charge in [0.05, 0.1) is 10.8 Å². The van der Waals surface area contributed by atoms with Crippen molar-refractivity contribution in [2.45, 2.75) is 50.7 Å². The molecule has 1 saturated carbocycles. The number of nitrogens with one attached hydrogen (secondary N) is 1. The number of aromatic nitrogens is 3. The molecule has 0 atom stereocenters. The lowest BCUT2D eigenvalue weighted by molar-refractivity contribution is -0.118. The van der Waals surface area contributed by atoms with Crippen molar-refractivity contribution >= 4 is 29.3 Å². The minimum atomic E-state index is 0.0314. The zero-order chi connectivity index (χ0) is 18.5. The van der Waals surface area contributed by atoms with Crippen molar-refractivity contribution in [3.8, 4) is 11.4 Å². The summed E-state index contributed by atoms with van der Waals surface area (Å²) in [5.41, 5.74) is 0.893. The molecule has 1 fully saturated rings. The lowest BCUT2D eigenvalue weighted by Gasteiger charge is -2.17. The minimum absolute atomic E-state index is 0.0314. The summed E-state index contributed by atoms with van der Waals surface area (Å²) < 4.78 is 2.19. The largest absolute Gasteiger partial charge is 0.355 e. The molecule has 2 aromatic rings. The van der Waals surface area contributed by atoms with Crippen LogP contribution in [0.3, 0.4) is 0 Å². The van der Waals surface area contributed by atoms with Crippen molar-refractivity contribution in [2.75, 3.05) is 12.3 Å². The number of hydrogen-bond acceptors (Lipinski definition) is 4. The maximum atomic E-state index is 12.1. The number of carbonyl (C=O) groups is 1. The summed E-state index contributed by atoms with van der Waals surface area (Å²) in [5.74, 6) is 1.62. The van der Waals surface area contributed by atoms with Crippen molar-refractivity contribution in [2.24, 2.45) is 5.92 Å². The number of rotatable bonds is 7. The van der Waals surface area contributed by atoms with Crippen LogP contribution < -0.4 is 5.32 Å². The van der Waals surface area contributed by atoms with Crippen LogP contribution in [0.25, 0.3) is 11.4 Å². The highest BCUT2D eigenvalue weighted by atomic mass is 35.5. The summed E-state index contributed by atoms with van der Waals surface area (Å²) in [4.78, 5) is 12.1. The van der Waals surface area contributed by atoms with Gasteiger partial charge < -0.3 is 5.32 Å². The van der Waals surface area contributed by atoms with Gasteiger partial charge in [0.1, 0.15) is 0 Å². The van der Waals surface area contributed by atoms with E-state index in [4.69, 9.17) is 11.6 Å². The Morgan fingerprint density at radius 2 is 2.04 bits per heavy atom. The van der Waals surface area contributed by atoms with Crippen LogP contribution >= 0.6 is 23.4 Å². The summed E-state index contributed by atoms with van der Waals surface area (Å²) in [6, 6.07) is 8.09. The zero-order valence-electron chi connectivity index (χ0n) is 15.2. The Bertz CT molecular complexity index is 756. The first-order valence-corrected chi connectivity index (χ1v) is 10.5. The van der Waals surface area contributed by atoms with Gasteiger partial charge in [-0.05, 0) is 30.9 Å². The number of carbonyl (C=O) groups excluding carboxylic acids is 1. The number of thioether (sulfide) groups is 1. The molecule has 5 nitrogen and oxygen atoms in total. The fourth-order valence-corrected chi connectivity index (χ4v) is 4.25. The van der Waals surface area contributed by atoms with E-state index in [2.05, 4.69) is 33.9 Å². The molecule has 0 unspecified atom stereocenters. The number of benzene rings is 1. The summed E-state index contributed by atoms with van der Waals surface area (Å²) >= 11 is 7.84. The van der Waals surface area contributed by atoms with Crippen LogP contribution in [0.1, 0.15) is 45.6 Å². The van der Waals surface area contributed by atoms with E-state index in [1.54, 1.807) is 0 Å². The molecule has 3 rings (SSSR count). The summed E-state index contributed by atoms with van der Waals surface area (Å²) in [6.07, 6.45) is 4.65. The Morgan fingerprint density at radius 3 is 2.73 bits per heavy atom. The molecule has 140 valence electrons. The first kappa shape index (κ1) is 19.2. The van der Waals surface area contributed by atoms with Crippen molar-refractivity contribution in [3.05, 3.63) is 29.3 Å². The number of nitrogens with zero attached hydrogens (tertiary/aromatic N) is 3. The Labute approximate surface area is 163 Å². The molecule has 7 heteroatoms. The van der Waals surface area contributed by atoms with E-state index in [9.17, 15) is 4.79 Å². The predicted octanol–water partition coefficient (Wildman–Crippen LogP) is 4.58. The van der Waals surface area contributed by atoms with Crippen molar-refractivity contribution in [3.63, 3.8) is 0 Å². The Kier molecular flexibility index (Phi) is 6.59. The van der Waals surface area contributed by atoms with Gasteiger partial charge in [0.25, 0.3) is 0 Å². The van der Waals surface area contributed by atoms with Crippen LogP contribution in [0.4, 0.5) is 0 Å². The Hall–Kier alpha value is -1.53. The molecule has 0 aliphatic heterocycles. The first-order chi connectivity index (χ1) is 12.6. The van der Waals surface area contributed by atoms with E-state index >= 15 is 0 Å². The zero-order valence-corrected chi connectivity index (χ0v) is 16.8. The highest BCUT2D eigenvalue weighted by Crippen LogP contribution is 2.38. The van der Waals surface area contributed by atoms with Crippen LogP contribution in [0.5, 0.6) is 0 Å². The van der Waals surface area contributed by atoms with E-state index in [1.165, 1.54) is 24.6 Å². The van der Waals surface area contributed by atoms with Gasteiger partial charge in [0.15, 0.2) is 11.0 Å². The van der Waals surface area contributed by atoms with Gasteiger partial charge in [-0.15, -0.1) is 10.2 Å². The lowest BCUT2D eigenvalue weighted by Crippen LogP contribution is -2.28. The highest BCUT2D eigenvalue weighted by molar-refractivity contribution is 7.99. The van der Waals surface area contributed by atoms with Crippen LogP contribution in [0, 0.1) is 5.92 Å². The summed E-state index contributed by atoms with van der Waals surface area (Å²) in [6.45, 7) is 4.86. The quantitative estimate of drug-likeness (QED) is 0.700. The summed E-state index contributed by atoms with van der Waals surface area (Å²) in [7, 11) is 0. The molecule has 1 aliphatic rings. The highest BCUT2D eigenvalue weighted by Gasteiger charge is 2.26. The van der Waals surface area contributed by atoms with Crippen molar-refractivity contribution in [1.29, 1.82) is 0 Å². The van der Waals surface area contributed by atoms with Gasteiger partial charge in [0, 0.05) is 18.2 Å². The SMILES string of the molecule is CC(C)CNC(=O)CSc1nnc(-c2ccccc2Cl)n1C1CCCC1. The molecule has 0 spiro atoms. The van der Waals surface area contributed by atoms with Crippen LogP contribution in [0.15, 0.2) is 29.4 Å². The topological polar surface area (TPSA) is 59.8 Å². The fourth-order valence-electron chi connectivity index (χ4n) is 3.19. The molecule has 1 aliphatic carbocycles. The van der Waals surface area contributed by atoms with Crippen molar-refractivity contribution in [1.82, 2.24) is 20.1 Å². The lowest BCUT2D eigenvalue weighted by atomic mass is 10.2. The number of amides is 1. The van der Waals surface area contributed by atoms with E-state index in [0.717, 1.165) is 29.4 Å². The van der Waals surface area contributed by atoms with Gasteiger partial charge in [-0.25, -0.2) is 0 Å². The molecule has 0 radical (unpaired) electrons. The van der Waals surface area contributed by atoms with Crippen LogP contribution in [-0.2, 0) is 4.79 Å². The molecule has 1 aromatic heterocycles. The molecule has 0 saturated heterocycles. The predicted molar refractivity (Wildman–Crippen MR) is 107 cm³/mol. The van der Waals surface area contributed by atoms with Gasteiger partial charge in [0.2, 0.25) is 5.91 Å². The molecule has 1 aromatic carbocycles. The van der Waals surface area contributed by atoms with Gasteiger partial charge in [-0.2, -0.15) is 0 Å². The third kappa shape index (κ3) is 4.60. The Balaban J connectivity index is 1.82. The van der Waals surface area contributed by atoms with Crippen molar-refractivity contribution < 1.29 is 4.79 Å². The smallest absolute Gasteiger partial charge is 0.230 e. The van der Waals surface area contributed by atoms with E-state index < -0.39 is 0 Å². The maximum absolute atomic E-state index is 12.1. The first-order valence-electron chi connectivity index (χ1n) is 9.15. The summed E-state index contributed by atoms with van der Waals surface area (Å²) in [5, 5.41) is 13.2. The van der Waals surface area contributed by atoms with Gasteiger partial charge in [-0.3, -0.25) is 9.36 Å². The molecule has 1 heterocycles. The molecule has 0 bridgehead atoms.